The van der Waals surface area contributed by atoms with Gasteiger partial charge in [-0.05, 0) is 19.4 Å². The number of hydrogen-bond acceptors (Lipinski definition) is 0. The van der Waals surface area contributed by atoms with Crippen LogP contribution in [0.25, 0.3) is 4.85 Å². The lowest BCUT2D eigenvalue weighted by atomic mass is 10.1. The van der Waals surface area contributed by atoms with E-state index in [-0.39, 0.29) is 0 Å². The molecule has 1 rings (SSSR count). The minimum absolute atomic E-state index is 0.553. The van der Waals surface area contributed by atoms with E-state index in [1.165, 1.54) is 0 Å². The van der Waals surface area contributed by atoms with Gasteiger partial charge >= 0.3 is 0 Å². The Labute approximate surface area is 71.4 Å². The van der Waals surface area contributed by atoms with E-state index in [9.17, 15) is 0 Å². The maximum Gasteiger partial charge on any atom is 0.208 e. The summed E-state index contributed by atoms with van der Waals surface area (Å²) in [7, 11) is 0. The molecule has 0 spiro atoms. The van der Waals surface area contributed by atoms with Crippen molar-refractivity contribution >= 4 is 17.3 Å². The number of benzene rings is 1. The Morgan fingerprint density at radius 3 is 2.45 bits per heavy atom. The highest BCUT2D eigenvalue weighted by Crippen LogP contribution is 2.29. The first-order chi connectivity index (χ1) is 5.15. The van der Waals surface area contributed by atoms with Gasteiger partial charge in [0.1, 0.15) is 0 Å². The largest absolute Gasteiger partial charge is 0.236 e. The van der Waals surface area contributed by atoms with E-state index in [4.69, 9.17) is 18.2 Å². The normalized spacial score (nSPS) is 9.27. The van der Waals surface area contributed by atoms with Crippen molar-refractivity contribution in [1.82, 2.24) is 0 Å². The molecule has 0 saturated carbocycles. The predicted octanol–water partition coefficient (Wildman–Crippen LogP) is 3.51. The smallest absolute Gasteiger partial charge is 0.208 e. The van der Waals surface area contributed by atoms with Crippen molar-refractivity contribution in [3.05, 3.63) is 39.7 Å². The second-order valence-electron chi connectivity index (χ2n) is 2.52. The number of nitrogens with zero attached hydrogens (tertiary/aromatic N) is 1. The van der Waals surface area contributed by atoms with E-state index in [1.54, 1.807) is 0 Å². The fraction of sp³-hybridized carbons (Fsp3) is 0.222. The fourth-order valence-corrected chi connectivity index (χ4v) is 1.41. The monoisotopic (exact) mass is 165 g/mol. The summed E-state index contributed by atoms with van der Waals surface area (Å²) in [6.45, 7) is 10.7. The van der Waals surface area contributed by atoms with Crippen LogP contribution in [-0.2, 0) is 0 Å². The van der Waals surface area contributed by atoms with E-state index >= 15 is 0 Å². The van der Waals surface area contributed by atoms with Gasteiger partial charge in [0.2, 0.25) is 5.69 Å². The SMILES string of the molecule is [C-]#[N+]c1c(C)cc(C)cc1Cl. The molecule has 0 saturated heterocycles. The van der Waals surface area contributed by atoms with E-state index in [2.05, 4.69) is 4.85 Å². The molecule has 0 aliphatic heterocycles. The molecule has 1 aromatic rings. The van der Waals surface area contributed by atoms with Crippen LogP contribution in [-0.4, -0.2) is 0 Å². The van der Waals surface area contributed by atoms with Crippen molar-refractivity contribution in [2.24, 2.45) is 0 Å². The maximum absolute atomic E-state index is 6.84. The van der Waals surface area contributed by atoms with E-state index < -0.39 is 0 Å². The summed E-state index contributed by atoms with van der Waals surface area (Å²) in [5.41, 5.74) is 2.61. The quantitative estimate of drug-likeness (QED) is 0.519. The van der Waals surface area contributed by atoms with Crippen LogP contribution in [0.1, 0.15) is 11.1 Å². The molecule has 1 aromatic carbocycles. The summed E-state index contributed by atoms with van der Waals surface area (Å²) in [6, 6.07) is 3.77. The number of rotatable bonds is 0. The van der Waals surface area contributed by atoms with Crippen molar-refractivity contribution in [2.75, 3.05) is 0 Å². The molecule has 2 heteroatoms. The second-order valence-corrected chi connectivity index (χ2v) is 2.93. The first-order valence-electron chi connectivity index (χ1n) is 3.29. The lowest BCUT2D eigenvalue weighted by Crippen LogP contribution is -1.77. The molecule has 0 atom stereocenters. The zero-order chi connectivity index (χ0) is 8.43. The summed E-state index contributed by atoms with van der Waals surface area (Å²) >= 11 is 5.82. The molecule has 56 valence electrons. The molecule has 0 N–H and O–H groups in total. The van der Waals surface area contributed by atoms with Crippen LogP contribution < -0.4 is 0 Å². The zero-order valence-electron chi connectivity index (χ0n) is 6.48. The van der Waals surface area contributed by atoms with Crippen molar-refractivity contribution in [3.8, 4) is 0 Å². The molecule has 0 aliphatic carbocycles. The zero-order valence-corrected chi connectivity index (χ0v) is 7.24. The van der Waals surface area contributed by atoms with Crippen LogP contribution >= 0.6 is 11.6 Å². The average molecular weight is 166 g/mol. The molecule has 0 unspecified atom stereocenters. The second kappa shape index (κ2) is 2.94. The molecule has 0 aromatic heterocycles. The number of halogens is 1. The van der Waals surface area contributed by atoms with Gasteiger partial charge in [-0.3, -0.25) is 0 Å². The van der Waals surface area contributed by atoms with Gasteiger partial charge in [0, 0.05) is 5.02 Å². The minimum Gasteiger partial charge on any atom is -0.236 e. The van der Waals surface area contributed by atoms with Crippen LogP contribution in [0.3, 0.4) is 0 Å². The molecule has 0 bridgehead atoms. The standard InChI is InChI=1S/C9H8ClN/c1-6-4-7(2)9(11-3)8(10)5-6/h4-5H,1-2H3. The summed E-state index contributed by atoms with van der Waals surface area (Å²) in [4.78, 5) is 3.33. The molecular formula is C9H8ClN. The van der Waals surface area contributed by atoms with Crippen LogP contribution in [0, 0.1) is 20.4 Å². The molecular weight excluding hydrogens is 158 g/mol. The molecule has 0 fully saturated rings. The van der Waals surface area contributed by atoms with Gasteiger partial charge in [-0.25, -0.2) is 4.85 Å². The summed E-state index contributed by atoms with van der Waals surface area (Å²) in [6.07, 6.45) is 0. The Morgan fingerprint density at radius 1 is 1.36 bits per heavy atom. The number of aryl methyl sites for hydroxylation is 2. The summed E-state index contributed by atoms with van der Waals surface area (Å²) < 4.78 is 0. The Bertz CT molecular complexity index is 300. The van der Waals surface area contributed by atoms with Gasteiger partial charge in [0.15, 0.2) is 0 Å². The molecule has 0 heterocycles. The van der Waals surface area contributed by atoms with Gasteiger partial charge < -0.3 is 0 Å². The molecule has 11 heavy (non-hydrogen) atoms. The van der Waals surface area contributed by atoms with Crippen molar-refractivity contribution in [2.45, 2.75) is 13.8 Å². The lowest BCUT2D eigenvalue weighted by molar-refractivity contribution is 1.40. The number of hydrogen-bond donors (Lipinski definition) is 0. The topological polar surface area (TPSA) is 4.36 Å². The van der Waals surface area contributed by atoms with Gasteiger partial charge in [0.05, 0.1) is 6.57 Å². The maximum atomic E-state index is 6.84. The molecule has 0 radical (unpaired) electrons. The highest BCUT2D eigenvalue weighted by molar-refractivity contribution is 6.33. The molecule has 0 amide bonds. The first-order valence-corrected chi connectivity index (χ1v) is 3.67. The van der Waals surface area contributed by atoms with Crippen LogP contribution in [0.2, 0.25) is 5.02 Å². The van der Waals surface area contributed by atoms with Gasteiger partial charge in [0.25, 0.3) is 0 Å². The van der Waals surface area contributed by atoms with Crippen LogP contribution in [0.4, 0.5) is 5.69 Å². The summed E-state index contributed by atoms with van der Waals surface area (Å²) in [5, 5.41) is 0.553. The Hall–Kier alpha value is -1.00. The summed E-state index contributed by atoms with van der Waals surface area (Å²) in [5.74, 6) is 0. The van der Waals surface area contributed by atoms with Crippen molar-refractivity contribution in [1.29, 1.82) is 0 Å². The fourth-order valence-electron chi connectivity index (χ4n) is 1.05. The average Bonchev–Trinajstić information content (AvgIpc) is 1.85. The Kier molecular flexibility index (Phi) is 2.16. The van der Waals surface area contributed by atoms with Crippen molar-refractivity contribution < 1.29 is 0 Å². The Morgan fingerprint density at radius 2 is 2.00 bits per heavy atom. The lowest BCUT2D eigenvalue weighted by Gasteiger charge is -2.00. The first kappa shape index (κ1) is 8.10. The molecule has 1 nitrogen and oxygen atoms in total. The van der Waals surface area contributed by atoms with Gasteiger partial charge in [-0.15, -0.1) is 0 Å². The predicted molar refractivity (Wildman–Crippen MR) is 47.2 cm³/mol. The highest BCUT2D eigenvalue weighted by Gasteiger charge is 2.03. The van der Waals surface area contributed by atoms with Gasteiger partial charge in [-0.2, -0.15) is 0 Å². The highest BCUT2D eigenvalue weighted by atomic mass is 35.5. The Balaban J connectivity index is 3.40. The van der Waals surface area contributed by atoms with Crippen LogP contribution in [0.5, 0.6) is 0 Å². The third-order valence-corrected chi connectivity index (χ3v) is 1.80. The van der Waals surface area contributed by atoms with Crippen molar-refractivity contribution in [3.63, 3.8) is 0 Å². The third kappa shape index (κ3) is 1.53. The van der Waals surface area contributed by atoms with E-state index in [0.29, 0.717) is 10.7 Å². The van der Waals surface area contributed by atoms with E-state index in [0.717, 1.165) is 11.1 Å². The van der Waals surface area contributed by atoms with Crippen LogP contribution in [0.15, 0.2) is 12.1 Å². The minimum atomic E-state index is 0.553. The third-order valence-electron chi connectivity index (χ3n) is 1.51. The van der Waals surface area contributed by atoms with Gasteiger partial charge in [-0.1, -0.05) is 29.3 Å². The molecule has 0 aliphatic rings. The van der Waals surface area contributed by atoms with E-state index in [1.807, 2.05) is 26.0 Å².